The third kappa shape index (κ3) is 5.19. The molecule has 0 saturated heterocycles. The van der Waals surface area contributed by atoms with Crippen LogP contribution >= 0.6 is 11.3 Å². The molecule has 142 valence electrons. The Labute approximate surface area is 152 Å². The summed E-state index contributed by atoms with van der Waals surface area (Å²) >= 11 is 1.25. The number of hydrogen-bond donors (Lipinski definition) is 2. The number of ether oxygens (including phenoxy) is 1. The Bertz CT molecular complexity index is 891. The van der Waals surface area contributed by atoms with E-state index in [1.165, 1.54) is 11.3 Å². The Kier molecular flexibility index (Phi) is 5.94. The Morgan fingerprint density at radius 2 is 1.85 bits per heavy atom. The largest absolute Gasteiger partial charge is 0.573 e. The molecule has 2 rings (SSSR count). The summed E-state index contributed by atoms with van der Waals surface area (Å²) in [4.78, 5) is 15.0. The Morgan fingerprint density at radius 3 is 2.35 bits per heavy atom. The second kappa shape index (κ2) is 7.64. The van der Waals surface area contributed by atoms with Crippen molar-refractivity contribution in [2.45, 2.75) is 31.5 Å². The number of amides is 1. The maximum atomic E-state index is 12.1. The van der Waals surface area contributed by atoms with Gasteiger partial charge in [0.2, 0.25) is 0 Å². The van der Waals surface area contributed by atoms with Crippen molar-refractivity contribution < 1.29 is 31.1 Å². The van der Waals surface area contributed by atoms with Crippen molar-refractivity contribution in [2.24, 2.45) is 0 Å². The standard InChI is InChI=1S/C15H15F3N2O4S2/c1-3-12-9(2)8-13(25-12)14(21)19-20-26(22,23)11-6-4-10(5-7-11)24-15(16,17)18/h4-8,20H,3H2,1-2H3,(H,19,21). The van der Waals surface area contributed by atoms with Gasteiger partial charge in [0.15, 0.2) is 0 Å². The number of halogens is 3. The van der Waals surface area contributed by atoms with Crippen molar-refractivity contribution in [3.8, 4) is 5.75 Å². The van der Waals surface area contributed by atoms with E-state index in [1.54, 1.807) is 6.07 Å². The van der Waals surface area contributed by atoms with Crippen molar-refractivity contribution in [3.05, 3.63) is 45.6 Å². The maximum Gasteiger partial charge on any atom is 0.573 e. The third-order valence-corrected chi connectivity index (χ3v) is 5.88. The number of aryl methyl sites for hydroxylation is 2. The smallest absolute Gasteiger partial charge is 0.406 e. The average molecular weight is 408 g/mol. The van der Waals surface area contributed by atoms with E-state index >= 15 is 0 Å². The molecule has 0 unspecified atom stereocenters. The van der Waals surface area contributed by atoms with Crippen molar-refractivity contribution in [2.75, 3.05) is 0 Å². The van der Waals surface area contributed by atoms with Crippen molar-refractivity contribution in [3.63, 3.8) is 0 Å². The van der Waals surface area contributed by atoms with Crippen LogP contribution in [0.4, 0.5) is 13.2 Å². The third-order valence-electron chi connectivity index (χ3n) is 3.23. The van der Waals surface area contributed by atoms with E-state index in [2.05, 4.69) is 10.2 Å². The number of carbonyl (C=O) groups is 1. The minimum absolute atomic E-state index is 0.330. The molecule has 1 heterocycles. The fourth-order valence-corrected chi connectivity index (χ4v) is 3.89. The summed E-state index contributed by atoms with van der Waals surface area (Å²) in [6, 6.07) is 5.23. The predicted molar refractivity (Wildman–Crippen MR) is 89.3 cm³/mol. The molecular formula is C15H15F3N2O4S2. The van der Waals surface area contributed by atoms with E-state index in [0.29, 0.717) is 4.88 Å². The van der Waals surface area contributed by atoms with Crippen LogP contribution < -0.4 is 15.0 Å². The molecule has 0 atom stereocenters. The summed E-state index contributed by atoms with van der Waals surface area (Å²) in [6.45, 7) is 3.79. The number of hydrazine groups is 1. The van der Waals surface area contributed by atoms with Gasteiger partial charge < -0.3 is 4.74 Å². The molecule has 0 radical (unpaired) electrons. The van der Waals surface area contributed by atoms with E-state index < -0.39 is 28.0 Å². The highest BCUT2D eigenvalue weighted by Gasteiger charge is 2.31. The van der Waals surface area contributed by atoms with Gasteiger partial charge in [-0.25, -0.2) is 8.42 Å². The number of thiophene rings is 1. The average Bonchev–Trinajstić information content (AvgIpc) is 2.93. The predicted octanol–water partition coefficient (Wildman–Crippen LogP) is 3.14. The van der Waals surface area contributed by atoms with Crippen LogP contribution in [0.3, 0.4) is 0 Å². The lowest BCUT2D eigenvalue weighted by molar-refractivity contribution is -0.274. The van der Waals surface area contributed by atoms with Crippen LogP contribution in [0.1, 0.15) is 27.0 Å². The molecule has 0 spiro atoms. The van der Waals surface area contributed by atoms with Crippen LogP contribution in [-0.2, 0) is 16.4 Å². The molecule has 1 aromatic heterocycles. The molecule has 1 amide bonds. The number of benzene rings is 1. The zero-order valence-corrected chi connectivity index (χ0v) is 15.3. The van der Waals surface area contributed by atoms with E-state index in [1.807, 2.05) is 18.7 Å². The van der Waals surface area contributed by atoms with Crippen molar-refractivity contribution in [1.29, 1.82) is 0 Å². The maximum absolute atomic E-state index is 12.1. The minimum atomic E-state index is -4.87. The van der Waals surface area contributed by atoms with Gasteiger partial charge in [-0.1, -0.05) is 6.92 Å². The number of sulfonamides is 1. The first-order valence-electron chi connectivity index (χ1n) is 7.29. The molecule has 0 fully saturated rings. The van der Waals surface area contributed by atoms with Gasteiger partial charge in [-0.05, 0) is 49.2 Å². The molecule has 0 saturated carbocycles. The second-order valence-corrected chi connectivity index (χ2v) is 7.97. The van der Waals surface area contributed by atoms with Crippen LogP contribution in [0.25, 0.3) is 0 Å². The lowest BCUT2D eigenvalue weighted by atomic mass is 10.2. The van der Waals surface area contributed by atoms with Crippen LogP contribution in [0.5, 0.6) is 5.75 Å². The molecule has 11 heteroatoms. The van der Waals surface area contributed by atoms with E-state index in [-0.39, 0.29) is 4.90 Å². The molecule has 2 N–H and O–H groups in total. The zero-order valence-electron chi connectivity index (χ0n) is 13.7. The topological polar surface area (TPSA) is 84.5 Å². The first-order chi connectivity index (χ1) is 12.0. The molecule has 1 aromatic carbocycles. The van der Waals surface area contributed by atoms with Crippen LogP contribution in [0, 0.1) is 6.92 Å². The summed E-state index contributed by atoms with van der Waals surface area (Å²) in [5.41, 5.74) is 3.01. The summed E-state index contributed by atoms with van der Waals surface area (Å²) in [6.07, 6.45) is -4.12. The molecule has 26 heavy (non-hydrogen) atoms. The number of hydrogen-bond acceptors (Lipinski definition) is 5. The summed E-state index contributed by atoms with van der Waals surface area (Å²) in [5.74, 6) is -1.18. The lowest BCUT2D eigenvalue weighted by Crippen LogP contribution is -2.41. The molecular weight excluding hydrogens is 393 g/mol. The summed E-state index contributed by atoms with van der Waals surface area (Å²) in [5, 5.41) is 0. The summed E-state index contributed by atoms with van der Waals surface area (Å²) < 4.78 is 64.2. The van der Waals surface area contributed by atoms with Gasteiger partial charge in [-0.3, -0.25) is 10.2 Å². The normalized spacial score (nSPS) is 12.0. The fraction of sp³-hybridized carbons (Fsp3) is 0.267. The van der Waals surface area contributed by atoms with Gasteiger partial charge >= 0.3 is 6.36 Å². The molecule has 0 aliphatic rings. The minimum Gasteiger partial charge on any atom is -0.406 e. The second-order valence-electron chi connectivity index (χ2n) is 5.15. The Morgan fingerprint density at radius 1 is 1.23 bits per heavy atom. The van der Waals surface area contributed by atoms with Crippen LogP contribution in [-0.4, -0.2) is 20.7 Å². The fourth-order valence-electron chi connectivity index (χ4n) is 2.04. The van der Waals surface area contributed by atoms with Crippen LogP contribution in [0.15, 0.2) is 35.2 Å². The first kappa shape index (κ1) is 20.2. The highest BCUT2D eigenvalue weighted by atomic mass is 32.2. The SMILES string of the molecule is CCc1sc(C(=O)NNS(=O)(=O)c2ccc(OC(F)(F)F)cc2)cc1C. The molecule has 0 bridgehead atoms. The van der Waals surface area contributed by atoms with Crippen LogP contribution in [0.2, 0.25) is 0 Å². The van der Waals surface area contributed by atoms with Crippen molar-refractivity contribution in [1.82, 2.24) is 10.3 Å². The van der Waals surface area contributed by atoms with Gasteiger partial charge in [-0.2, -0.15) is 0 Å². The van der Waals surface area contributed by atoms with E-state index in [4.69, 9.17) is 0 Å². The first-order valence-corrected chi connectivity index (χ1v) is 9.59. The van der Waals surface area contributed by atoms with Gasteiger partial charge in [0.25, 0.3) is 15.9 Å². The quantitative estimate of drug-likeness (QED) is 0.720. The zero-order chi connectivity index (χ0) is 19.5. The number of nitrogens with one attached hydrogen (secondary N) is 2. The number of carbonyl (C=O) groups excluding carboxylic acids is 1. The Balaban J connectivity index is 2.04. The molecule has 0 aliphatic heterocycles. The lowest BCUT2D eigenvalue weighted by Gasteiger charge is -2.10. The molecule has 6 nitrogen and oxygen atoms in total. The molecule has 0 aliphatic carbocycles. The highest BCUT2D eigenvalue weighted by molar-refractivity contribution is 7.89. The number of rotatable bonds is 6. The van der Waals surface area contributed by atoms with E-state index in [0.717, 1.165) is 41.1 Å². The van der Waals surface area contributed by atoms with E-state index in [9.17, 15) is 26.4 Å². The van der Waals surface area contributed by atoms with Gasteiger partial charge in [0.05, 0.1) is 9.77 Å². The Hall–Kier alpha value is -2.11. The monoisotopic (exact) mass is 408 g/mol. The summed E-state index contributed by atoms with van der Waals surface area (Å²) in [7, 11) is -4.15. The number of alkyl halides is 3. The van der Waals surface area contributed by atoms with Gasteiger partial charge in [0.1, 0.15) is 5.75 Å². The van der Waals surface area contributed by atoms with Gasteiger partial charge in [0, 0.05) is 4.88 Å². The highest BCUT2D eigenvalue weighted by Crippen LogP contribution is 2.24. The van der Waals surface area contributed by atoms with Gasteiger partial charge in [-0.15, -0.1) is 29.3 Å². The molecule has 2 aromatic rings. The van der Waals surface area contributed by atoms with Crippen molar-refractivity contribution >= 4 is 27.3 Å².